The number of rotatable bonds is 8. The average molecular weight is 260 g/mol. The van der Waals surface area contributed by atoms with E-state index in [2.05, 4.69) is 20.3 Å². The van der Waals surface area contributed by atoms with Crippen molar-refractivity contribution in [3.8, 4) is 0 Å². The summed E-state index contributed by atoms with van der Waals surface area (Å²) in [7, 11) is 6.18. The van der Waals surface area contributed by atoms with E-state index in [1.165, 1.54) is 55.0 Å². The van der Waals surface area contributed by atoms with Gasteiger partial charge in [0.25, 0.3) is 0 Å². The second-order valence-corrected chi connectivity index (χ2v) is 12.0. The first-order chi connectivity index (χ1) is 5.85. The Labute approximate surface area is 86.5 Å². The zero-order chi connectivity index (χ0) is 9.23. The monoisotopic (exact) mass is 260 g/mol. The van der Waals surface area contributed by atoms with Gasteiger partial charge in [-0.1, -0.05) is 6.92 Å². The van der Waals surface area contributed by atoms with Gasteiger partial charge in [-0.3, -0.25) is 0 Å². The van der Waals surface area contributed by atoms with E-state index in [9.17, 15) is 0 Å². The Balaban J connectivity index is 3.19. The first-order valence-electron chi connectivity index (χ1n) is 4.34. The summed E-state index contributed by atoms with van der Waals surface area (Å²) in [4.78, 5) is 0. The molecule has 0 aromatic carbocycles. The molecule has 0 saturated heterocycles. The maximum atomic E-state index is 2.38. The predicted octanol–water partition coefficient (Wildman–Crippen LogP) is 3.86. The molecule has 6 unspecified atom stereocenters. The van der Waals surface area contributed by atoms with Crippen LogP contribution in [0, 0.1) is 0 Å². The van der Waals surface area contributed by atoms with E-state index in [0.29, 0.717) is 0 Å². The van der Waals surface area contributed by atoms with Gasteiger partial charge in [0.1, 0.15) is 0 Å². The lowest BCUT2D eigenvalue weighted by atomic mass is 11.0. The smallest absolute Gasteiger partial charge is 0.0109 e. The van der Waals surface area contributed by atoms with Crippen LogP contribution < -0.4 is 0 Å². The molecule has 0 heterocycles. The maximum absolute atomic E-state index is 2.38. The molecule has 5 heteroatoms. The van der Waals surface area contributed by atoms with Gasteiger partial charge in [0.05, 0.1) is 0 Å². The molecule has 0 N–H and O–H groups in total. The van der Waals surface area contributed by atoms with Crippen LogP contribution in [0.5, 0.6) is 0 Å². The van der Waals surface area contributed by atoms with Crippen LogP contribution in [-0.4, -0.2) is 36.4 Å². The Hall–Kier alpha value is 2.15. The molecule has 0 saturated carbocycles. The highest BCUT2D eigenvalue weighted by Gasteiger charge is 2.02. The molecule has 74 valence electrons. The van der Waals surface area contributed by atoms with Gasteiger partial charge in [-0.15, -0.1) is 42.9 Å². The molecule has 6 atom stereocenters. The maximum Gasteiger partial charge on any atom is 0.0109 e. The van der Waals surface area contributed by atoms with Gasteiger partial charge < -0.3 is 0 Å². The molecular weight excluding hydrogens is 239 g/mol. The van der Waals surface area contributed by atoms with Crippen molar-refractivity contribution in [2.45, 2.75) is 12.1 Å². The van der Waals surface area contributed by atoms with Crippen LogP contribution in [0.15, 0.2) is 0 Å². The third kappa shape index (κ3) is 8.74. The van der Waals surface area contributed by atoms with Gasteiger partial charge in [0, 0.05) is 5.14 Å². The van der Waals surface area contributed by atoms with Crippen molar-refractivity contribution in [2.75, 3.05) is 31.3 Å². The highest BCUT2D eigenvalue weighted by atomic mass is 31.2. The molecule has 0 rings (SSSR count). The highest BCUT2D eigenvalue weighted by molar-refractivity contribution is 7.77. The quantitative estimate of drug-likeness (QED) is 0.459. The molecule has 0 nitrogen and oxygen atoms in total. The van der Waals surface area contributed by atoms with Crippen molar-refractivity contribution >= 4 is 42.9 Å². The van der Waals surface area contributed by atoms with Gasteiger partial charge in [-0.05, 0) is 31.3 Å². The van der Waals surface area contributed by atoms with E-state index >= 15 is 0 Å². The Morgan fingerprint density at radius 3 is 2.33 bits per heavy atom. The standard InChI is InChI=1S/C7H21P5/c1-4-11-7(9-3)12-6-10-5-8-2/h7-12H,4-6H2,1-3H3. The lowest BCUT2D eigenvalue weighted by Crippen LogP contribution is -1.82. The molecule has 0 aliphatic heterocycles. The lowest BCUT2D eigenvalue weighted by molar-refractivity contribution is 1.51. The van der Waals surface area contributed by atoms with Crippen LogP contribution >= 0.6 is 42.9 Å². The third-order valence-corrected chi connectivity index (χ3v) is 11.6. The molecule has 0 aliphatic rings. The van der Waals surface area contributed by atoms with Crippen LogP contribution in [-0.2, 0) is 0 Å². The highest BCUT2D eigenvalue weighted by Crippen LogP contribution is 2.47. The van der Waals surface area contributed by atoms with E-state index in [-0.39, 0.29) is 0 Å². The van der Waals surface area contributed by atoms with E-state index in [4.69, 9.17) is 0 Å². The number of hydrogen-bond donors (Lipinski definition) is 0. The largest absolute Gasteiger partial charge is 0.121 e. The summed E-state index contributed by atoms with van der Waals surface area (Å²) < 4.78 is 0. The molecule has 0 bridgehead atoms. The zero-order valence-corrected chi connectivity index (χ0v) is 13.2. The van der Waals surface area contributed by atoms with E-state index in [1.54, 1.807) is 5.90 Å². The van der Waals surface area contributed by atoms with Gasteiger partial charge in [-0.25, -0.2) is 0 Å². The molecule has 0 fully saturated rings. The van der Waals surface area contributed by atoms with Crippen molar-refractivity contribution in [3.63, 3.8) is 0 Å². The SMILES string of the molecule is CCPC(PC)PCPCPC. The normalized spacial score (nSPS) is 18.2. The van der Waals surface area contributed by atoms with Crippen LogP contribution in [0.4, 0.5) is 0 Å². The predicted molar refractivity (Wildman–Crippen MR) is 77.5 cm³/mol. The second-order valence-electron chi connectivity index (χ2n) is 2.44. The van der Waals surface area contributed by atoms with Crippen molar-refractivity contribution in [1.82, 2.24) is 0 Å². The summed E-state index contributed by atoms with van der Waals surface area (Å²) in [6, 6.07) is 0. The van der Waals surface area contributed by atoms with E-state index in [0.717, 1.165) is 5.14 Å². The van der Waals surface area contributed by atoms with Gasteiger partial charge in [-0.2, -0.15) is 0 Å². The fourth-order valence-electron chi connectivity index (χ4n) is 0.842. The Morgan fingerprint density at radius 2 is 1.83 bits per heavy atom. The third-order valence-electron chi connectivity index (χ3n) is 1.43. The van der Waals surface area contributed by atoms with Crippen LogP contribution in [0.25, 0.3) is 0 Å². The fourth-order valence-corrected chi connectivity index (χ4v) is 10.5. The summed E-state index contributed by atoms with van der Waals surface area (Å²) in [6.07, 6.45) is 1.41. The first-order valence-corrected chi connectivity index (χ1v) is 11.6. The first kappa shape index (κ1) is 14.2. The van der Waals surface area contributed by atoms with Gasteiger partial charge in [0.2, 0.25) is 0 Å². The van der Waals surface area contributed by atoms with Crippen molar-refractivity contribution in [1.29, 1.82) is 0 Å². The zero-order valence-electron chi connectivity index (χ0n) is 8.20. The minimum Gasteiger partial charge on any atom is -0.121 e. The average Bonchev–Trinajstić information content (AvgIpc) is 2.10. The summed E-state index contributed by atoms with van der Waals surface area (Å²) in [6.45, 7) is 7.03. The molecule has 12 heavy (non-hydrogen) atoms. The Bertz CT molecular complexity index is 87.9. The van der Waals surface area contributed by atoms with E-state index < -0.39 is 0 Å². The molecular formula is C7H21P5. The van der Waals surface area contributed by atoms with Crippen molar-refractivity contribution in [3.05, 3.63) is 0 Å². The molecule has 0 spiro atoms. The minimum atomic E-state index is 1.11. The fraction of sp³-hybridized carbons (Fsp3) is 1.00. The van der Waals surface area contributed by atoms with Gasteiger partial charge >= 0.3 is 0 Å². The summed E-state index contributed by atoms with van der Waals surface area (Å²) in [5.41, 5.74) is 0. The molecule has 0 aromatic heterocycles. The van der Waals surface area contributed by atoms with E-state index in [1.807, 2.05) is 0 Å². The van der Waals surface area contributed by atoms with Gasteiger partial charge in [0.15, 0.2) is 0 Å². The topological polar surface area (TPSA) is 0 Å². The number of hydrogen-bond acceptors (Lipinski definition) is 0. The molecule has 0 aromatic rings. The van der Waals surface area contributed by atoms with Crippen molar-refractivity contribution in [2.24, 2.45) is 0 Å². The summed E-state index contributed by atoms with van der Waals surface area (Å²) in [5.74, 6) is 3.04. The van der Waals surface area contributed by atoms with Crippen LogP contribution in [0.2, 0.25) is 0 Å². The van der Waals surface area contributed by atoms with Crippen molar-refractivity contribution < 1.29 is 0 Å². The summed E-state index contributed by atoms with van der Waals surface area (Å²) in [5, 5.41) is 1.11. The molecule has 0 radical (unpaired) electrons. The lowest BCUT2D eigenvalue weighted by Gasteiger charge is -2.13. The van der Waals surface area contributed by atoms with Crippen LogP contribution in [0.3, 0.4) is 0 Å². The molecule has 0 amide bonds. The second kappa shape index (κ2) is 11.2. The Morgan fingerprint density at radius 1 is 1.08 bits per heavy atom. The minimum absolute atomic E-state index is 1.11. The van der Waals surface area contributed by atoms with Crippen LogP contribution in [0.1, 0.15) is 6.92 Å². The Kier molecular flexibility index (Phi) is 13.2. The molecule has 0 aliphatic carbocycles. The summed E-state index contributed by atoms with van der Waals surface area (Å²) >= 11 is 0.